The van der Waals surface area contributed by atoms with Gasteiger partial charge in [0.1, 0.15) is 6.04 Å². The summed E-state index contributed by atoms with van der Waals surface area (Å²) in [5.74, 6) is -3.34. The van der Waals surface area contributed by atoms with Crippen LogP contribution in [0.25, 0.3) is 0 Å². The van der Waals surface area contributed by atoms with Gasteiger partial charge in [0.2, 0.25) is 11.8 Å². The Kier molecular flexibility index (Phi) is 7.99. The molecule has 0 rings (SSSR count). The molecule has 0 aliphatic carbocycles. The highest BCUT2D eigenvalue weighted by Crippen LogP contribution is 2.34. The normalized spacial score (nSPS) is 14.4. The van der Waals surface area contributed by atoms with Gasteiger partial charge >= 0.3 is 5.97 Å². The fourth-order valence-electron chi connectivity index (χ4n) is 1.93. The molecule has 2 atom stereocenters. The zero-order valence-electron chi connectivity index (χ0n) is 13.9. The number of hydrogen-bond acceptors (Lipinski definition) is 10. The average molecular weight is 380 g/mol. The summed E-state index contributed by atoms with van der Waals surface area (Å²) in [4.78, 5) is 57.7. The van der Waals surface area contributed by atoms with Crippen molar-refractivity contribution in [2.75, 3.05) is 0 Å². The molecular formula is C12H20N4O6S2. The molecule has 10 nitrogen and oxygen atoms in total. The van der Waals surface area contributed by atoms with Crippen molar-refractivity contribution in [3.05, 3.63) is 9.81 Å². The van der Waals surface area contributed by atoms with Gasteiger partial charge in [0.25, 0.3) is 0 Å². The summed E-state index contributed by atoms with van der Waals surface area (Å²) < 4.78 is 2.66. The second-order valence-electron chi connectivity index (χ2n) is 5.98. The lowest BCUT2D eigenvalue weighted by atomic mass is 9.97. The Morgan fingerprint density at radius 3 is 1.79 bits per heavy atom. The van der Waals surface area contributed by atoms with Gasteiger partial charge in [-0.1, -0.05) is 0 Å². The first-order valence-electron chi connectivity index (χ1n) is 6.67. The summed E-state index contributed by atoms with van der Waals surface area (Å²) in [6.45, 7) is 6.65. The summed E-state index contributed by atoms with van der Waals surface area (Å²) in [6.07, 6.45) is 0. The standard InChI is InChI=1S/C12H20N4O6S2/c1-6(17)16(8(10(19)20)12(4,5)24-15-22)9(18)7(13)11(2,3)23-14-21/h7-8H,13H2,1-5H3,(H,19,20)/t7-,8-/m1/s1. The van der Waals surface area contributed by atoms with E-state index in [-0.39, 0.29) is 0 Å². The highest BCUT2D eigenvalue weighted by Gasteiger charge is 2.48. The fraction of sp³-hybridized carbons (Fsp3) is 0.750. The van der Waals surface area contributed by atoms with Gasteiger partial charge in [-0.3, -0.25) is 14.5 Å². The van der Waals surface area contributed by atoms with Gasteiger partial charge in [0.05, 0.1) is 9.49 Å². The molecule has 136 valence electrons. The van der Waals surface area contributed by atoms with Crippen LogP contribution in [-0.4, -0.2) is 49.4 Å². The number of carboxylic acid groups (broad SMARTS) is 1. The van der Waals surface area contributed by atoms with E-state index in [4.69, 9.17) is 5.73 Å². The third kappa shape index (κ3) is 5.24. The van der Waals surface area contributed by atoms with Crippen LogP contribution < -0.4 is 5.73 Å². The van der Waals surface area contributed by atoms with Crippen molar-refractivity contribution in [1.82, 2.24) is 4.90 Å². The number of carbonyl (C=O) groups excluding carboxylic acids is 2. The molecule has 0 saturated carbocycles. The molecule has 0 heterocycles. The van der Waals surface area contributed by atoms with Crippen LogP contribution in [0.5, 0.6) is 0 Å². The van der Waals surface area contributed by atoms with Crippen LogP contribution in [0.1, 0.15) is 34.6 Å². The van der Waals surface area contributed by atoms with Crippen LogP contribution >= 0.6 is 23.9 Å². The van der Waals surface area contributed by atoms with E-state index in [1.54, 1.807) is 0 Å². The van der Waals surface area contributed by atoms with Crippen molar-refractivity contribution >= 4 is 41.7 Å². The first-order valence-corrected chi connectivity index (χ1v) is 8.21. The SMILES string of the molecule is CC(=O)N(C(=O)[C@@H](N)C(C)(C)SN=O)[C@H](C(=O)O)C(C)(C)SN=O. The number of amides is 2. The fourth-order valence-corrected chi connectivity index (χ4v) is 2.83. The Bertz CT molecular complexity index is 540. The van der Waals surface area contributed by atoms with Gasteiger partial charge in [0.15, 0.2) is 6.04 Å². The minimum absolute atomic E-state index is 0.391. The van der Waals surface area contributed by atoms with Crippen LogP contribution in [0.3, 0.4) is 0 Å². The number of rotatable bonds is 9. The molecule has 0 aliphatic heterocycles. The molecular weight excluding hydrogens is 360 g/mol. The molecule has 12 heteroatoms. The topological polar surface area (TPSA) is 160 Å². The largest absolute Gasteiger partial charge is 0.480 e. The number of nitroso groups, excluding NO2 is 2. The van der Waals surface area contributed by atoms with E-state index in [0.717, 1.165) is 6.92 Å². The maximum atomic E-state index is 12.6. The predicted octanol–water partition coefficient (Wildman–Crippen LogP) is 1.53. The van der Waals surface area contributed by atoms with Gasteiger partial charge in [0, 0.05) is 40.0 Å². The molecule has 0 radical (unpaired) electrons. The Hall–Kier alpha value is -1.53. The molecule has 0 aromatic rings. The van der Waals surface area contributed by atoms with E-state index >= 15 is 0 Å². The Balaban J connectivity index is 5.95. The molecule has 2 amide bonds. The highest BCUT2D eigenvalue weighted by molar-refractivity contribution is 7.99. The number of carboxylic acids is 1. The van der Waals surface area contributed by atoms with E-state index < -0.39 is 39.4 Å². The molecule has 0 unspecified atom stereocenters. The van der Waals surface area contributed by atoms with E-state index in [0.29, 0.717) is 28.8 Å². The summed E-state index contributed by atoms with van der Waals surface area (Å²) in [5.41, 5.74) is 5.83. The smallest absolute Gasteiger partial charge is 0.328 e. The van der Waals surface area contributed by atoms with Crippen molar-refractivity contribution in [3.63, 3.8) is 0 Å². The predicted molar refractivity (Wildman–Crippen MR) is 91.9 cm³/mol. The summed E-state index contributed by atoms with van der Waals surface area (Å²) >= 11 is 0.892. The zero-order valence-corrected chi connectivity index (χ0v) is 15.5. The lowest BCUT2D eigenvalue weighted by molar-refractivity contribution is -0.159. The lowest BCUT2D eigenvalue weighted by Gasteiger charge is -2.38. The van der Waals surface area contributed by atoms with Crippen molar-refractivity contribution < 1.29 is 19.5 Å². The van der Waals surface area contributed by atoms with Crippen LogP contribution in [-0.2, 0) is 14.4 Å². The van der Waals surface area contributed by atoms with Crippen molar-refractivity contribution in [2.45, 2.75) is 56.2 Å². The Labute approximate surface area is 147 Å². The summed E-state index contributed by atoms with van der Waals surface area (Å²) in [5, 5.41) is 9.47. The molecule has 0 aromatic heterocycles. The maximum Gasteiger partial charge on any atom is 0.328 e. The Morgan fingerprint density at radius 2 is 1.46 bits per heavy atom. The van der Waals surface area contributed by atoms with Crippen LogP contribution in [0.15, 0.2) is 9.16 Å². The van der Waals surface area contributed by atoms with Crippen molar-refractivity contribution in [3.8, 4) is 0 Å². The van der Waals surface area contributed by atoms with E-state index in [9.17, 15) is 29.3 Å². The maximum absolute atomic E-state index is 12.6. The first kappa shape index (κ1) is 22.5. The third-order valence-electron chi connectivity index (χ3n) is 3.29. The second kappa shape index (κ2) is 8.53. The summed E-state index contributed by atoms with van der Waals surface area (Å²) in [6, 6.07) is -3.06. The molecule has 3 N–H and O–H groups in total. The molecule has 0 saturated heterocycles. The minimum atomic E-state index is -1.68. The van der Waals surface area contributed by atoms with Crippen molar-refractivity contribution in [2.24, 2.45) is 14.9 Å². The van der Waals surface area contributed by atoms with E-state index in [1.807, 2.05) is 0 Å². The number of nitrogens with zero attached hydrogens (tertiary/aromatic N) is 3. The quantitative estimate of drug-likeness (QED) is 0.446. The highest BCUT2D eigenvalue weighted by atomic mass is 32.2. The monoisotopic (exact) mass is 380 g/mol. The number of imide groups is 1. The molecule has 24 heavy (non-hydrogen) atoms. The van der Waals surface area contributed by atoms with Gasteiger partial charge < -0.3 is 10.8 Å². The third-order valence-corrected chi connectivity index (χ3v) is 4.85. The molecule has 0 aliphatic rings. The number of hydrogen-bond donors (Lipinski definition) is 2. The summed E-state index contributed by atoms with van der Waals surface area (Å²) in [7, 11) is 0. The molecule has 0 spiro atoms. The van der Waals surface area contributed by atoms with Crippen LogP contribution in [0.4, 0.5) is 0 Å². The van der Waals surface area contributed by atoms with Gasteiger partial charge in [-0.05, 0) is 27.7 Å². The van der Waals surface area contributed by atoms with E-state index in [1.165, 1.54) is 27.7 Å². The number of carbonyl (C=O) groups is 3. The molecule has 0 bridgehead atoms. The zero-order chi connectivity index (χ0) is 19.3. The number of nitrogens with two attached hydrogens (primary N) is 1. The van der Waals surface area contributed by atoms with Gasteiger partial charge in [-0.15, -0.1) is 9.81 Å². The van der Waals surface area contributed by atoms with Crippen LogP contribution in [0, 0.1) is 9.81 Å². The van der Waals surface area contributed by atoms with Gasteiger partial charge in [-0.2, -0.15) is 0 Å². The average Bonchev–Trinajstić information content (AvgIpc) is 2.41. The number of aliphatic carboxylic acids is 1. The molecule has 0 aromatic carbocycles. The van der Waals surface area contributed by atoms with Crippen LogP contribution in [0.2, 0.25) is 0 Å². The van der Waals surface area contributed by atoms with Crippen molar-refractivity contribution in [1.29, 1.82) is 0 Å². The lowest BCUT2D eigenvalue weighted by Crippen LogP contribution is -2.62. The van der Waals surface area contributed by atoms with E-state index in [2.05, 4.69) is 9.16 Å². The Morgan fingerprint density at radius 1 is 1.04 bits per heavy atom. The molecule has 0 fully saturated rings. The second-order valence-corrected chi connectivity index (χ2v) is 8.75. The minimum Gasteiger partial charge on any atom is -0.480 e. The first-order chi connectivity index (χ1) is 10.8. The van der Waals surface area contributed by atoms with Gasteiger partial charge in [-0.25, -0.2) is 4.79 Å².